The lowest BCUT2D eigenvalue weighted by Gasteiger charge is -2.22. The molecular formula is C29H42N6O5. The Morgan fingerprint density at radius 3 is 2.48 bits per heavy atom. The molecule has 3 aromatic rings. The average Bonchev–Trinajstić information content (AvgIpc) is 2.90. The lowest BCUT2D eigenvalue weighted by molar-refractivity contribution is -0.368. The molecule has 11 heteroatoms. The second-order valence-corrected chi connectivity index (χ2v) is 10.1. The summed E-state index contributed by atoms with van der Waals surface area (Å²) >= 11 is 0. The first-order chi connectivity index (χ1) is 19.1. The van der Waals surface area contributed by atoms with Gasteiger partial charge in [-0.15, -0.1) is 0 Å². The predicted octanol–water partition coefficient (Wildman–Crippen LogP) is 3.20. The van der Waals surface area contributed by atoms with Gasteiger partial charge in [0, 0.05) is 41.5 Å². The second kappa shape index (κ2) is 16.1. The molecule has 2 heterocycles. The van der Waals surface area contributed by atoms with Crippen molar-refractivity contribution >= 4 is 35.2 Å². The lowest BCUT2D eigenvalue weighted by Crippen LogP contribution is -2.50. The van der Waals surface area contributed by atoms with E-state index in [0.717, 1.165) is 49.1 Å². The monoisotopic (exact) mass is 554 g/mol. The first-order valence-corrected chi connectivity index (χ1v) is 13.5. The molecule has 218 valence electrons. The van der Waals surface area contributed by atoms with Crippen molar-refractivity contribution in [3.05, 3.63) is 36.4 Å². The number of nitrogens with zero attached hydrogens (tertiary/aromatic N) is 2. The highest BCUT2D eigenvalue weighted by Crippen LogP contribution is 2.38. The summed E-state index contributed by atoms with van der Waals surface area (Å²) in [5.74, 6) is 2.50. The molecule has 0 unspecified atom stereocenters. The van der Waals surface area contributed by atoms with Gasteiger partial charge in [0.15, 0.2) is 5.65 Å². The zero-order valence-electron chi connectivity index (χ0n) is 24.1. The summed E-state index contributed by atoms with van der Waals surface area (Å²) in [7, 11) is 1.62. The van der Waals surface area contributed by atoms with E-state index in [9.17, 15) is 4.79 Å². The molecule has 0 aliphatic rings. The molecule has 0 saturated carbocycles. The van der Waals surface area contributed by atoms with E-state index in [-0.39, 0.29) is 6.03 Å². The number of anilines is 2. The largest absolute Gasteiger partial charge is 0.554 e. The Morgan fingerprint density at radius 1 is 1.07 bits per heavy atom. The summed E-state index contributed by atoms with van der Waals surface area (Å²) < 4.78 is 11.6. The molecule has 3 rings (SSSR count). The number of rotatable bonds is 12. The van der Waals surface area contributed by atoms with E-state index in [1.807, 2.05) is 57.2 Å². The molecule has 0 bridgehead atoms. The van der Waals surface area contributed by atoms with Crippen LogP contribution in [0.15, 0.2) is 36.4 Å². The molecule has 0 atom stereocenters. The van der Waals surface area contributed by atoms with Gasteiger partial charge >= 0.3 is 6.03 Å². The van der Waals surface area contributed by atoms with Crippen LogP contribution >= 0.6 is 0 Å². The Balaban J connectivity index is 0.00000178. The third kappa shape index (κ3) is 10.2. The van der Waals surface area contributed by atoms with Crippen molar-refractivity contribution < 1.29 is 29.9 Å². The van der Waals surface area contributed by atoms with Crippen molar-refractivity contribution in [2.24, 2.45) is 0 Å². The van der Waals surface area contributed by atoms with Crippen LogP contribution in [0.25, 0.3) is 22.2 Å². The maximum atomic E-state index is 12.9. The fraction of sp³-hybridized carbons (Fsp3) is 0.448. The smallest absolute Gasteiger partial charge is 0.320 e. The summed E-state index contributed by atoms with van der Waals surface area (Å²) in [6, 6.07) is 11.2. The molecule has 11 nitrogen and oxygen atoms in total. The van der Waals surface area contributed by atoms with Crippen molar-refractivity contribution in [1.82, 2.24) is 15.3 Å². The minimum atomic E-state index is -0.500. The van der Waals surface area contributed by atoms with Gasteiger partial charge < -0.3 is 35.7 Å². The number of nitrogens with one attached hydrogen (secondary N) is 3. The highest BCUT2D eigenvalue weighted by Gasteiger charge is 2.20. The van der Waals surface area contributed by atoms with E-state index in [2.05, 4.69) is 28.6 Å². The van der Waals surface area contributed by atoms with Gasteiger partial charge in [-0.25, -0.2) is 14.8 Å². The summed E-state index contributed by atoms with van der Waals surface area (Å²) in [5.41, 5.74) is 5.47. The quantitative estimate of drug-likeness (QED) is 0.196. The van der Waals surface area contributed by atoms with Crippen LogP contribution in [0, 0.1) is 0 Å². The number of fused-ring (bicyclic) bond motifs is 1. The van der Waals surface area contributed by atoms with Gasteiger partial charge in [-0.1, -0.05) is 19.8 Å². The molecule has 0 radical (unpaired) electrons. The van der Waals surface area contributed by atoms with Crippen LogP contribution in [0.1, 0.15) is 53.4 Å². The number of ether oxygens (including phenoxy) is 2. The number of hydrogen-bond acceptors (Lipinski definition) is 8. The SMILES string of the molecule is CCCCCNc1ccc2cc(-c3cc(OCCC[NH3+])ccc3OC)c(NC(=O)NC(C)(C)C)nc2n1.O=C[O-]. The fourth-order valence-corrected chi connectivity index (χ4v) is 3.80. The molecule has 0 spiro atoms. The number of carbonyl (C=O) groups excluding carboxylic acids is 2. The molecule has 40 heavy (non-hydrogen) atoms. The summed E-state index contributed by atoms with van der Waals surface area (Å²) in [4.78, 5) is 30.6. The van der Waals surface area contributed by atoms with Gasteiger partial charge in [0.05, 0.1) is 20.3 Å². The Kier molecular flexibility index (Phi) is 12.9. The van der Waals surface area contributed by atoms with Gasteiger partial charge in [-0.05, 0) is 63.6 Å². The minimum absolute atomic E-state index is 0.351. The number of amides is 2. The first-order valence-electron chi connectivity index (χ1n) is 13.5. The topological polar surface area (TPSA) is 165 Å². The van der Waals surface area contributed by atoms with Gasteiger partial charge in [0.25, 0.3) is 0 Å². The van der Waals surface area contributed by atoms with Crippen LogP contribution in [0.4, 0.5) is 16.4 Å². The Hall–Kier alpha value is -4.12. The van der Waals surface area contributed by atoms with E-state index >= 15 is 0 Å². The fourth-order valence-electron chi connectivity index (χ4n) is 3.80. The van der Waals surface area contributed by atoms with Crippen molar-refractivity contribution in [2.75, 3.05) is 37.4 Å². The second-order valence-electron chi connectivity index (χ2n) is 10.1. The normalized spacial score (nSPS) is 10.8. The predicted molar refractivity (Wildman–Crippen MR) is 155 cm³/mol. The highest BCUT2D eigenvalue weighted by molar-refractivity contribution is 5.97. The molecule has 6 N–H and O–H groups in total. The summed E-state index contributed by atoms with van der Waals surface area (Å²) in [6.07, 6.45) is 4.27. The zero-order chi connectivity index (χ0) is 29.5. The number of methoxy groups -OCH3 is 1. The van der Waals surface area contributed by atoms with Crippen LogP contribution in [0.5, 0.6) is 11.5 Å². The van der Waals surface area contributed by atoms with E-state index in [0.29, 0.717) is 35.1 Å². The highest BCUT2D eigenvalue weighted by atomic mass is 16.5. The maximum Gasteiger partial charge on any atom is 0.320 e. The van der Waals surface area contributed by atoms with E-state index in [1.165, 1.54) is 6.42 Å². The Bertz CT molecular complexity index is 1250. The van der Waals surface area contributed by atoms with Crippen molar-refractivity contribution in [1.29, 1.82) is 0 Å². The molecule has 1 aromatic carbocycles. The number of carboxylic acid groups (broad SMARTS) is 1. The summed E-state index contributed by atoms with van der Waals surface area (Å²) in [6.45, 7) is 9.68. The van der Waals surface area contributed by atoms with Crippen LogP contribution in [0.2, 0.25) is 0 Å². The van der Waals surface area contributed by atoms with E-state index in [1.54, 1.807) is 7.11 Å². The number of unbranched alkanes of at least 4 members (excludes halogenated alkanes) is 2. The average molecular weight is 555 g/mol. The molecule has 2 amide bonds. The number of benzene rings is 1. The zero-order valence-corrected chi connectivity index (χ0v) is 24.1. The van der Waals surface area contributed by atoms with Gasteiger partial charge in [-0.2, -0.15) is 0 Å². The third-order valence-electron chi connectivity index (χ3n) is 5.61. The van der Waals surface area contributed by atoms with Crippen LogP contribution in [-0.2, 0) is 4.79 Å². The minimum Gasteiger partial charge on any atom is -0.554 e. The molecular weight excluding hydrogens is 512 g/mol. The number of aromatic nitrogens is 2. The number of hydrogen-bond donors (Lipinski definition) is 4. The Labute approximate surface area is 235 Å². The number of urea groups is 1. The number of quaternary nitrogens is 1. The maximum absolute atomic E-state index is 12.9. The van der Waals surface area contributed by atoms with Gasteiger partial charge in [0.1, 0.15) is 23.1 Å². The molecule has 0 aliphatic carbocycles. The standard InChI is InChI=1S/C28H40N6O3.CH2O2/c1-6-7-8-15-30-24-13-10-19-17-22(21-18-20(37-16-9-14-29)11-12-23(21)36-5)26(32-25(19)31-24)33-27(35)34-28(2,3)4;2-1-3/h10-13,17-18H,6-9,14-16,29H2,1-5H3,(H3,30,31,32,33,34,35);1H,(H,2,3). The van der Waals surface area contributed by atoms with Crippen LogP contribution in [0.3, 0.4) is 0 Å². The molecule has 0 aliphatic heterocycles. The van der Waals surface area contributed by atoms with Gasteiger partial charge in [0.2, 0.25) is 0 Å². The molecule has 2 aromatic heterocycles. The number of pyridine rings is 2. The number of carbonyl (C=O) groups is 2. The van der Waals surface area contributed by atoms with Crippen molar-refractivity contribution in [2.45, 2.75) is 58.9 Å². The summed E-state index contributed by atoms with van der Waals surface area (Å²) in [5, 5.41) is 18.3. The first kappa shape index (κ1) is 32.1. The molecule has 0 fully saturated rings. The molecule has 0 saturated heterocycles. The van der Waals surface area contributed by atoms with Crippen molar-refractivity contribution in [3.8, 4) is 22.6 Å². The van der Waals surface area contributed by atoms with Gasteiger partial charge in [-0.3, -0.25) is 5.32 Å². The van der Waals surface area contributed by atoms with Crippen molar-refractivity contribution in [3.63, 3.8) is 0 Å². The third-order valence-corrected chi connectivity index (χ3v) is 5.61. The van der Waals surface area contributed by atoms with Crippen LogP contribution in [-0.4, -0.2) is 54.8 Å². The van der Waals surface area contributed by atoms with Crippen LogP contribution < -0.4 is 36.3 Å². The van der Waals surface area contributed by atoms with E-state index < -0.39 is 12.0 Å². The van der Waals surface area contributed by atoms with E-state index in [4.69, 9.17) is 29.3 Å². The Morgan fingerprint density at radius 2 is 1.82 bits per heavy atom. The lowest BCUT2D eigenvalue weighted by atomic mass is 10.0.